The summed E-state index contributed by atoms with van der Waals surface area (Å²) in [7, 11) is 0. The molecule has 1 aromatic rings. The Hall–Kier alpha value is -1.07. The minimum atomic E-state index is -4.37. The number of halogens is 3. The molecule has 1 aromatic carbocycles. The van der Waals surface area contributed by atoms with Crippen LogP contribution in [0.4, 0.5) is 13.2 Å². The van der Waals surface area contributed by atoms with Crippen LogP contribution in [0.3, 0.4) is 0 Å². The molecule has 0 radical (unpaired) electrons. The van der Waals surface area contributed by atoms with Crippen molar-refractivity contribution in [1.29, 1.82) is 0 Å². The maximum Gasteiger partial charge on any atom is 0.416 e. The number of rotatable bonds is 1. The van der Waals surface area contributed by atoms with Gasteiger partial charge < -0.3 is 9.47 Å². The molecule has 0 aromatic heterocycles. The SMILES string of the molecule is FC(F)(F)c1ccccc1C1OCCO1. The molecule has 0 spiro atoms. The van der Waals surface area contributed by atoms with Gasteiger partial charge in [0.25, 0.3) is 0 Å². The van der Waals surface area contributed by atoms with Gasteiger partial charge in [0.2, 0.25) is 0 Å². The second-order valence-electron chi connectivity index (χ2n) is 3.16. The zero-order chi connectivity index (χ0) is 10.9. The zero-order valence-electron chi connectivity index (χ0n) is 7.75. The van der Waals surface area contributed by atoms with Crippen molar-refractivity contribution >= 4 is 0 Å². The van der Waals surface area contributed by atoms with Gasteiger partial charge in [-0.2, -0.15) is 13.2 Å². The second-order valence-corrected chi connectivity index (χ2v) is 3.16. The van der Waals surface area contributed by atoms with E-state index in [4.69, 9.17) is 9.47 Å². The van der Waals surface area contributed by atoms with Crippen molar-refractivity contribution in [1.82, 2.24) is 0 Å². The van der Waals surface area contributed by atoms with E-state index in [-0.39, 0.29) is 5.56 Å². The Morgan fingerprint density at radius 2 is 1.67 bits per heavy atom. The van der Waals surface area contributed by atoms with Gasteiger partial charge >= 0.3 is 6.18 Å². The normalized spacial score (nSPS) is 18.3. The van der Waals surface area contributed by atoms with E-state index in [1.807, 2.05) is 0 Å². The first-order valence-electron chi connectivity index (χ1n) is 4.48. The van der Waals surface area contributed by atoms with E-state index >= 15 is 0 Å². The Bertz CT molecular complexity index is 343. The van der Waals surface area contributed by atoms with Gasteiger partial charge in [0.15, 0.2) is 6.29 Å². The number of hydrogen-bond acceptors (Lipinski definition) is 2. The molecule has 0 bridgehead atoms. The van der Waals surface area contributed by atoms with Crippen LogP contribution in [-0.4, -0.2) is 13.2 Å². The summed E-state index contributed by atoms with van der Waals surface area (Å²) in [5.74, 6) is 0. The third-order valence-electron chi connectivity index (χ3n) is 2.14. The van der Waals surface area contributed by atoms with E-state index in [9.17, 15) is 13.2 Å². The van der Waals surface area contributed by atoms with Crippen LogP contribution in [0.15, 0.2) is 24.3 Å². The molecule has 0 amide bonds. The standard InChI is InChI=1S/C10H9F3O2/c11-10(12,13)8-4-2-1-3-7(8)9-14-5-6-15-9/h1-4,9H,5-6H2. The topological polar surface area (TPSA) is 18.5 Å². The molecule has 0 aliphatic carbocycles. The predicted molar refractivity (Wildman–Crippen MR) is 46.1 cm³/mol. The van der Waals surface area contributed by atoms with E-state index < -0.39 is 18.0 Å². The molecular weight excluding hydrogens is 209 g/mol. The summed E-state index contributed by atoms with van der Waals surface area (Å²) in [6.07, 6.45) is -5.26. The van der Waals surface area contributed by atoms with E-state index in [2.05, 4.69) is 0 Å². The van der Waals surface area contributed by atoms with Gasteiger partial charge in [-0.25, -0.2) is 0 Å². The molecule has 0 unspecified atom stereocenters. The second kappa shape index (κ2) is 3.83. The Labute approximate surface area is 84.6 Å². The molecule has 1 fully saturated rings. The first kappa shape index (κ1) is 10.4. The number of hydrogen-bond donors (Lipinski definition) is 0. The molecule has 5 heteroatoms. The van der Waals surface area contributed by atoms with Crippen molar-refractivity contribution in [2.75, 3.05) is 13.2 Å². The minimum Gasteiger partial charge on any atom is -0.346 e. The first-order valence-corrected chi connectivity index (χ1v) is 4.48. The lowest BCUT2D eigenvalue weighted by atomic mass is 10.1. The number of alkyl halides is 3. The fourth-order valence-electron chi connectivity index (χ4n) is 1.50. The predicted octanol–water partition coefficient (Wildman–Crippen LogP) is 2.75. The van der Waals surface area contributed by atoms with Gasteiger partial charge in [-0.3, -0.25) is 0 Å². The summed E-state index contributed by atoms with van der Waals surface area (Å²) < 4.78 is 47.9. The number of benzene rings is 1. The van der Waals surface area contributed by atoms with Crippen LogP contribution in [0, 0.1) is 0 Å². The maximum atomic E-state index is 12.6. The van der Waals surface area contributed by atoms with Crippen molar-refractivity contribution in [3.63, 3.8) is 0 Å². The largest absolute Gasteiger partial charge is 0.416 e. The summed E-state index contributed by atoms with van der Waals surface area (Å²) in [5, 5.41) is 0. The minimum absolute atomic E-state index is 0.0440. The average molecular weight is 218 g/mol. The monoisotopic (exact) mass is 218 g/mol. The summed E-state index contributed by atoms with van der Waals surface area (Å²) in [6, 6.07) is 5.29. The van der Waals surface area contributed by atoms with Crippen LogP contribution in [0.2, 0.25) is 0 Å². The molecule has 0 N–H and O–H groups in total. The maximum absolute atomic E-state index is 12.6. The first-order chi connectivity index (χ1) is 7.09. The van der Waals surface area contributed by atoms with E-state index in [0.717, 1.165) is 6.07 Å². The molecule has 2 rings (SSSR count). The van der Waals surface area contributed by atoms with Crippen molar-refractivity contribution in [3.8, 4) is 0 Å². The number of ether oxygens (including phenoxy) is 2. The molecule has 1 heterocycles. The fourth-order valence-corrected chi connectivity index (χ4v) is 1.50. The highest BCUT2D eigenvalue weighted by atomic mass is 19.4. The van der Waals surface area contributed by atoms with Crippen molar-refractivity contribution in [2.24, 2.45) is 0 Å². The molecule has 1 aliphatic heterocycles. The zero-order valence-corrected chi connectivity index (χ0v) is 7.75. The Morgan fingerprint density at radius 1 is 1.07 bits per heavy atom. The van der Waals surface area contributed by atoms with E-state index in [1.54, 1.807) is 0 Å². The van der Waals surface area contributed by atoms with Crippen LogP contribution < -0.4 is 0 Å². The van der Waals surface area contributed by atoms with Crippen LogP contribution in [0.5, 0.6) is 0 Å². The van der Waals surface area contributed by atoms with E-state index in [0.29, 0.717) is 13.2 Å². The summed E-state index contributed by atoms with van der Waals surface area (Å²) in [6.45, 7) is 0.660. The molecule has 15 heavy (non-hydrogen) atoms. The van der Waals surface area contributed by atoms with Gasteiger partial charge in [0.1, 0.15) is 0 Å². The Morgan fingerprint density at radius 3 is 2.27 bits per heavy atom. The Balaban J connectivity index is 2.37. The van der Waals surface area contributed by atoms with Crippen LogP contribution in [-0.2, 0) is 15.7 Å². The quantitative estimate of drug-likeness (QED) is 0.721. The highest BCUT2D eigenvalue weighted by molar-refractivity contribution is 5.30. The lowest BCUT2D eigenvalue weighted by Crippen LogP contribution is -2.12. The van der Waals surface area contributed by atoms with Crippen LogP contribution >= 0.6 is 0 Å². The third kappa shape index (κ3) is 2.13. The summed E-state index contributed by atoms with van der Waals surface area (Å²) in [4.78, 5) is 0. The van der Waals surface area contributed by atoms with Gasteiger partial charge in [-0.1, -0.05) is 18.2 Å². The lowest BCUT2D eigenvalue weighted by Gasteiger charge is -2.16. The molecule has 0 saturated carbocycles. The summed E-state index contributed by atoms with van der Waals surface area (Å²) in [5.41, 5.74) is -0.653. The van der Waals surface area contributed by atoms with Gasteiger partial charge in [0.05, 0.1) is 18.8 Å². The van der Waals surface area contributed by atoms with Crippen molar-refractivity contribution in [2.45, 2.75) is 12.5 Å². The molecular formula is C10H9F3O2. The Kier molecular flexibility index (Phi) is 2.67. The van der Waals surface area contributed by atoms with Gasteiger partial charge in [0, 0.05) is 5.56 Å². The van der Waals surface area contributed by atoms with Crippen molar-refractivity contribution in [3.05, 3.63) is 35.4 Å². The summed E-state index contributed by atoms with van der Waals surface area (Å²) >= 11 is 0. The van der Waals surface area contributed by atoms with E-state index in [1.165, 1.54) is 18.2 Å². The highest BCUT2D eigenvalue weighted by Crippen LogP contribution is 2.36. The smallest absolute Gasteiger partial charge is 0.346 e. The molecule has 1 aliphatic rings. The average Bonchev–Trinajstić information content (AvgIpc) is 2.69. The molecule has 1 saturated heterocycles. The van der Waals surface area contributed by atoms with Crippen molar-refractivity contribution < 1.29 is 22.6 Å². The lowest BCUT2D eigenvalue weighted by molar-refractivity contribution is -0.142. The molecule has 0 atom stereocenters. The molecule has 82 valence electrons. The van der Waals surface area contributed by atoms with Crippen LogP contribution in [0.25, 0.3) is 0 Å². The third-order valence-corrected chi connectivity index (χ3v) is 2.14. The highest BCUT2D eigenvalue weighted by Gasteiger charge is 2.36. The van der Waals surface area contributed by atoms with Gasteiger partial charge in [-0.05, 0) is 6.07 Å². The van der Waals surface area contributed by atoms with Gasteiger partial charge in [-0.15, -0.1) is 0 Å². The fraction of sp³-hybridized carbons (Fsp3) is 0.400. The van der Waals surface area contributed by atoms with Crippen LogP contribution in [0.1, 0.15) is 17.4 Å². The molecule has 2 nitrogen and oxygen atoms in total.